The van der Waals surface area contributed by atoms with Gasteiger partial charge in [0.2, 0.25) is 5.91 Å². The molecule has 17 heavy (non-hydrogen) atoms. The molecule has 0 aromatic carbocycles. The van der Waals surface area contributed by atoms with Gasteiger partial charge >= 0.3 is 6.03 Å². The molecule has 0 bridgehead atoms. The summed E-state index contributed by atoms with van der Waals surface area (Å²) >= 11 is 0. The van der Waals surface area contributed by atoms with Crippen molar-refractivity contribution in [3.63, 3.8) is 0 Å². The fourth-order valence-electron chi connectivity index (χ4n) is 2.17. The second-order valence-electron chi connectivity index (χ2n) is 4.59. The van der Waals surface area contributed by atoms with Gasteiger partial charge < -0.3 is 16.0 Å². The standard InChI is InChI=1S/C12H23N3O2/c1-3-4-11(16)14-9-5-7-10(8-6-9)15-12(17)13-2/h9-10H,3-8H2,1-2H3,(H,14,16)(H2,13,15,17). The second kappa shape index (κ2) is 7.14. The van der Waals surface area contributed by atoms with Gasteiger partial charge in [0, 0.05) is 25.6 Å². The topological polar surface area (TPSA) is 70.2 Å². The van der Waals surface area contributed by atoms with E-state index in [2.05, 4.69) is 16.0 Å². The summed E-state index contributed by atoms with van der Waals surface area (Å²) < 4.78 is 0. The van der Waals surface area contributed by atoms with Crippen LogP contribution in [0, 0.1) is 0 Å². The first-order valence-electron chi connectivity index (χ1n) is 6.43. The average molecular weight is 241 g/mol. The van der Waals surface area contributed by atoms with E-state index in [1.165, 1.54) is 0 Å². The third kappa shape index (κ3) is 5.06. The molecular formula is C12H23N3O2. The minimum atomic E-state index is -0.122. The highest BCUT2D eigenvalue weighted by Gasteiger charge is 2.22. The predicted octanol–water partition coefficient (Wildman–Crippen LogP) is 1.14. The Morgan fingerprint density at radius 1 is 1.06 bits per heavy atom. The summed E-state index contributed by atoms with van der Waals surface area (Å²) in [6, 6.07) is 0.412. The molecule has 0 spiro atoms. The lowest BCUT2D eigenvalue weighted by atomic mass is 9.91. The molecule has 1 saturated carbocycles. The van der Waals surface area contributed by atoms with Gasteiger partial charge in [-0.2, -0.15) is 0 Å². The van der Waals surface area contributed by atoms with E-state index in [1.807, 2.05) is 6.92 Å². The van der Waals surface area contributed by atoms with Gasteiger partial charge in [-0.25, -0.2) is 4.79 Å². The maximum Gasteiger partial charge on any atom is 0.314 e. The van der Waals surface area contributed by atoms with Gasteiger partial charge in [0.05, 0.1) is 0 Å². The first-order chi connectivity index (χ1) is 8.15. The van der Waals surface area contributed by atoms with Crippen molar-refractivity contribution in [2.24, 2.45) is 0 Å². The molecule has 1 aliphatic carbocycles. The molecule has 1 aliphatic rings. The molecule has 0 aliphatic heterocycles. The van der Waals surface area contributed by atoms with Crippen molar-refractivity contribution < 1.29 is 9.59 Å². The van der Waals surface area contributed by atoms with Crippen molar-refractivity contribution in [2.45, 2.75) is 57.5 Å². The first-order valence-corrected chi connectivity index (χ1v) is 6.43. The first kappa shape index (κ1) is 13.8. The number of carbonyl (C=O) groups excluding carboxylic acids is 2. The Balaban J connectivity index is 2.21. The zero-order valence-corrected chi connectivity index (χ0v) is 10.7. The maximum atomic E-state index is 11.4. The second-order valence-corrected chi connectivity index (χ2v) is 4.59. The third-order valence-corrected chi connectivity index (χ3v) is 3.13. The van der Waals surface area contributed by atoms with E-state index in [-0.39, 0.29) is 24.0 Å². The van der Waals surface area contributed by atoms with Gasteiger partial charge in [-0.3, -0.25) is 4.79 Å². The lowest BCUT2D eigenvalue weighted by molar-refractivity contribution is -0.122. The van der Waals surface area contributed by atoms with Crippen LogP contribution < -0.4 is 16.0 Å². The minimum absolute atomic E-state index is 0.122. The number of rotatable bonds is 4. The summed E-state index contributed by atoms with van der Waals surface area (Å²) in [7, 11) is 1.62. The van der Waals surface area contributed by atoms with Crippen LogP contribution in [0.25, 0.3) is 0 Å². The van der Waals surface area contributed by atoms with Gasteiger partial charge in [-0.1, -0.05) is 6.92 Å². The van der Waals surface area contributed by atoms with E-state index < -0.39 is 0 Å². The minimum Gasteiger partial charge on any atom is -0.353 e. The van der Waals surface area contributed by atoms with Crippen LogP contribution in [0.15, 0.2) is 0 Å². The largest absolute Gasteiger partial charge is 0.353 e. The Bertz CT molecular complexity index is 260. The Kier molecular flexibility index (Phi) is 5.80. The van der Waals surface area contributed by atoms with Crippen LogP contribution in [0.3, 0.4) is 0 Å². The highest BCUT2D eigenvalue weighted by Crippen LogP contribution is 2.18. The maximum absolute atomic E-state index is 11.4. The molecule has 5 nitrogen and oxygen atoms in total. The van der Waals surface area contributed by atoms with Crippen molar-refractivity contribution in [3.05, 3.63) is 0 Å². The lowest BCUT2D eigenvalue weighted by Crippen LogP contribution is -2.46. The summed E-state index contributed by atoms with van der Waals surface area (Å²) in [6.45, 7) is 2.00. The fraction of sp³-hybridized carbons (Fsp3) is 0.833. The van der Waals surface area contributed by atoms with E-state index in [4.69, 9.17) is 0 Å². The van der Waals surface area contributed by atoms with Crippen LogP contribution in [0.1, 0.15) is 45.4 Å². The molecule has 0 radical (unpaired) electrons. The van der Waals surface area contributed by atoms with Crippen LogP contribution in [0.5, 0.6) is 0 Å². The van der Waals surface area contributed by atoms with E-state index in [1.54, 1.807) is 7.05 Å². The fourth-order valence-corrected chi connectivity index (χ4v) is 2.17. The number of amides is 3. The summed E-state index contributed by atoms with van der Waals surface area (Å²) in [5.74, 6) is 0.148. The number of hydrogen-bond acceptors (Lipinski definition) is 2. The number of carbonyl (C=O) groups is 2. The van der Waals surface area contributed by atoms with Crippen LogP contribution >= 0.6 is 0 Å². The van der Waals surface area contributed by atoms with E-state index in [9.17, 15) is 9.59 Å². The third-order valence-electron chi connectivity index (χ3n) is 3.13. The average Bonchev–Trinajstić information content (AvgIpc) is 2.32. The molecule has 3 N–H and O–H groups in total. The van der Waals surface area contributed by atoms with Crippen molar-refractivity contribution in [3.8, 4) is 0 Å². The summed E-state index contributed by atoms with van der Waals surface area (Å²) in [6.07, 6.45) is 5.26. The van der Waals surface area contributed by atoms with Crippen molar-refractivity contribution in [1.82, 2.24) is 16.0 Å². The molecule has 0 aromatic heterocycles. The van der Waals surface area contributed by atoms with Gasteiger partial charge in [-0.05, 0) is 32.1 Å². The molecular weight excluding hydrogens is 218 g/mol. The van der Waals surface area contributed by atoms with Gasteiger partial charge in [-0.15, -0.1) is 0 Å². The Hall–Kier alpha value is -1.26. The van der Waals surface area contributed by atoms with Gasteiger partial charge in [0.25, 0.3) is 0 Å². The molecule has 0 atom stereocenters. The van der Waals surface area contributed by atoms with Crippen molar-refractivity contribution in [1.29, 1.82) is 0 Å². The molecule has 98 valence electrons. The van der Waals surface area contributed by atoms with Gasteiger partial charge in [0.1, 0.15) is 0 Å². The SMILES string of the molecule is CCCC(=O)NC1CCC(NC(=O)NC)CC1. The predicted molar refractivity (Wildman–Crippen MR) is 66.7 cm³/mol. The number of urea groups is 1. The highest BCUT2D eigenvalue weighted by molar-refractivity contribution is 5.76. The molecule has 1 fully saturated rings. The quantitative estimate of drug-likeness (QED) is 0.691. The van der Waals surface area contributed by atoms with E-state index in [0.717, 1.165) is 32.1 Å². The number of nitrogens with one attached hydrogen (secondary N) is 3. The molecule has 1 rings (SSSR count). The molecule has 5 heteroatoms. The van der Waals surface area contributed by atoms with E-state index in [0.29, 0.717) is 6.42 Å². The molecule has 3 amide bonds. The highest BCUT2D eigenvalue weighted by atomic mass is 16.2. The summed E-state index contributed by atoms with van der Waals surface area (Å²) in [4.78, 5) is 22.6. The molecule has 0 saturated heterocycles. The molecule has 0 heterocycles. The molecule has 0 unspecified atom stereocenters. The normalized spacial score (nSPS) is 23.9. The zero-order valence-electron chi connectivity index (χ0n) is 10.7. The van der Waals surface area contributed by atoms with E-state index >= 15 is 0 Å². The molecule has 0 aromatic rings. The summed E-state index contributed by atoms with van der Waals surface area (Å²) in [5.41, 5.74) is 0. The Morgan fingerprint density at radius 2 is 1.59 bits per heavy atom. The number of hydrogen-bond donors (Lipinski definition) is 3. The smallest absolute Gasteiger partial charge is 0.314 e. The van der Waals surface area contributed by atoms with Crippen LogP contribution in [-0.4, -0.2) is 31.1 Å². The van der Waals surface area contributed by atoms with Crippen LogP contribution in [0.2, 0.25) is 0 Å². The Labute approximate surface area is 103 Å². The van der Waals surface area contributed by atoms with Gasteiger partial charge in [0.15, 0.2) is 0 Å². The van der Waals surface area contributed by atoms with Crippen LogP contribution in [0.4, 0.5) is 4.79 Å². The summed E-state index contributed by atoms with van der Waals surface area (Å²) in [5, 5.41) is 8.50. The lowest BCUT2D eigenvalue weighted by Gasteiger charge is -2.29. The van der Waals surface area contributed by atoms with Crippen molar-refractivity contribution >= 4 is 11.9 Å². The van der Waals surface area contributed by atoms with Crippen molar-refractivity contribution in [2.75, 3.05) is 7.05 Å². The zero-order chi connectivity index (χ0) is 12.7. The monoisotopic (exact) mass is 241 g/mol. The Morgan fingerprint density at radius 3 is 2.06 bits per heavy atom. The van der Waals surface area contributed by atoms with Crippen LogP contribution in [-0.2, 0) is 4.79 Å².